The number of para-hydroxylation sites is 1. The molecule has 0 bridgehead atoms. The first-order valence-electron chi connectivity index (χ1n) is 5.36. The molecule has 4 nitrogen and oxygen atoms in total. The normalized spacial score (nSPS) is 11.4. The molecule has 0 amide bonds. The summed E-state index contributed by atoms with van der Waals surface area (Å²) in [4.78, 5) is 7.73. The van der Waals surface area contributed by atoms with Crippen molar-refractivity contribution in [1.29, 1.82) is 0 Å². The van der Waals surface area contributed by atoms with Gasteiger partial charge in [0.05, 0.1) is 23.7 Å². The third-order valence-corrected chi connectivity index (χ3v) is 2.30. The Morgan fingerprint density at radius 1 is 1.11 bits per heavy atom. The minimum Gasteiger partial charge on any atom is -0.437 e. The molecule has 0 saturated heterocycles. The Labute approximate surface area is 107 Å². The summed E-state index contributed by atoms with van der Waals surface area (Å²) in [6.45, 7) is 0.201. The summed E-state index contributed by atoms with van der Waals surface area (Å²) in [6, 6.07) is 4.91. The lowest BCUT2D eigenvalue weighted by Gasteiger charge is -2.12. The maximum absolute atomic E-state index is 12.7. The fourth-order valence-electron chi connectivity index (χ4n) is 1.40. The summed E-state index contributed by atoms with van der Waals surface area (Å²) < 4.78 is 43.3. The molecule has 2 rings (SSSR count). The van der Waals surface area contributed by atoms with E-state index in [0.717, 1.165) is 6.07 Å². The molecule has 0 unspecified atom stereocenters. The smallest absolute Gasteiger partial charge is 0.419 e. The quantitative estimate of drug-likeness (QED) is 0.930. The Kier molecular flexibility index (Phi) is 3.66. The molecule has 1 aromatic carbocycles. The number of ether oxygens (including phenoxy) is 1. The monoisotopic (exact) mass is 269 g/mol. The number of aromatic nitrogens is 2. The lowest BCUT2D eigenvalue weighted by atomic mass is 10.2. The van der Waals surface area contributed by atoms with Crippen LogP contribution in [0.25, 0.3) is 0 Å². The van der Waals surface area contributed by atoms with Crippen LogP contribution in [0.15, 0.2) is 36.7 Å². The van der Waals surface area contributed by atoms with Crippen LogP contribution in [0.3, 0.4) is 0 Å². The van der Waals surface area contributed by atoms with Gasteiger partial charge in [0.25, 0.3) is 0 Å². The number of nitrogens with two attached hydrogens (primary N) is 1. The molecular formula is C12H10F3N3O. The second kappa shape index (κ2) is 5.23. The van der Waals surface area contributed by atoms with Crippen LogP contribution in [0, 0.1) is 0 Å². The Balaban J connectivity index is 2.28. The van der Waals surface area contributed by atoms with Gasteiger partial charge in [0.1, 0.15) is 5.75 Å². The molecule has 0 atom stereocenters. The van der Waals surface area contributed by atoms with Gasteiger partial charge in [0.2, 0.25) is 5.88 Å². The molecule has 0 spiro atoms. The molecule has 0 radical (unpaired) electrons. The zero-order valence-corrected chi connectivity index (χ0v) is 9.69. The summed E-state index contributed by atoms with van der Waals surface area (Å²) >= 11 is 0. The summed E-state index contributed by atoms with van der Waals surface area (Å²) in [7, 11) is 0. The van der Waals surface area contributed by atoms with E-state index in [-0.39, 0.29) is 18.2 Å². The van der Waals surface area contributed by atoms with E-state index in [9.17, 15) is 13.2 Å². The molecule has 2 N–H and O–H groups in total. The lowest BCUT2D eigenvalue weighted by molar-refractivity contribution is -0.138. The minimum atomic E-state index is -4.48. The summed E-state index contributed by atoms with van der Waals surface area (Å²) in [5.41, 5.74) is 5.00. The molecule has 0 saturated carbocycles. The van der Waals surface area contributed by atoms with E-state index in [1.807, 2.05) is 0 Å². The van der Waals surface area contributed by atoms with E-state index in [0.29, 0.717) is 5.69 Å². The van der Waals surface area contributed by atoms with Crippen LogP contribution in [0.5, 0.6) is 11.6 Å². The van der Waals surface area contributed by atoms with Crippen LogP contribution >= 0.6 is 0 Å². The Morgan fingerprint density at radius 2 is 1.84 bits per heavy atom. The van der Waals surface area contributed by atoms with Crippen LogP contribution in [-0.2, 0) is 12.7 Å². The van der Waals surface area contributed by atoms with Crippen molar-refractivity contribution in [2.24, 2.45) is 5.73 Å². The van der Waals surface area contributed by atoms with Gasteiger partial charge < -0.3 is 10.5 Å². The first kappa shape index (κ1) is 13.3. The summed E-state index contributed by atoms with van der Waals surface area (Å²) in [5.74, 6) is -0.335. The summed E-state index contributed by atoms with van der Waals surface area (Å²) in [6.07, 6.45) is -1.90. The van der Waals surface area contributed by atoms with Crippen molar-refractivity contribution in [3.63, 3.8) is 0 Å². The van der Waals surface area contributed by atoms with Crippen LogP contribution in [-0.4, -0.2) is 9.97 Å². The second-order valence-electron chi connectivity index (χ2n) is 3.65. The predicted molar refractivity (Wildman–Crippen MR) is 61.4 cm³/mol. The number of nitrogens with zero attached hydrogens (tertiary/aromatic N) is 2. The highest BCUT2D eigenvalue weighted by Crippen LogP contribution is 2.37. The van der Waals surface area contributed by atoms with Crippen LogP contribution in [0.4, 0.5) is 13.2 Å². The Bertz CT molecular complexity index is 555. The topological polar surface area (TPSA) is 61.0 Å². The van der Waals surface area contributed by atoms with Crippen LogP contribution < -0.4 is 10.5 Å². The van der Waals surface area contributed by atoms with Crippen molar-refractivity contribution in [3.8, 4) is 11.6 Å². The maximum atomic E-state index is 12.7. The van der Waals surface area contributed by atoms with Gasteiger partial charge >= 0.3 is 6.18 Å². The number of benzene rings is 1. The molecule has 0 aliphatic heterocycles. The first-order chi connectivity index (χ1) is 9.00. The van der Waals surface area contributed by atoms with Crippen molar-refractivity contribution in [2.75, 3.05) is 0 Å². The molecule has 0 aliphatic carbocycles. The number of alkyl halides is 3. The van der Waals surface area contributed by atoms with E-state index in [1.54, 1.807) is 0 Å². The van der Waals surface area contributed by atoms with Gasteiger partial charge in [-0.1, -0.05) is 12.1 Å². The van der Waals surface area contributed by atoms with E-state index in [4.69, 9.17) is 10.5 Å². The molecule has 0 fully saturated rings. The highest BCUT2D eigenvalue weighted by Gasteiger charge is 2.34. The molecule has 1 aromatic heterocycles. The van der Waals surface area contributed by atoms with Gasteiger partial charge in [-0.15, -0.1) is 0 Å². The van der Waals surface area contributed by atoms with Gasteiger partial charge in [-0.05, 0) is 12.1 Å². The zero-order valence-electron chi connectivity index (χ0n) is 9.69. The van der Waals surface area contributed by atoms with Crippen molar-refractivity contribution in [2.45, 2.75) is 12.7 Å². The molecule has 1 heterocycles. The molecule has 7 heteroatoms. The lowest BCUT2D eigenvalue weighted by Crippen LogP contribution is -2.07. The van der Waals surface area contributed by atoms with Gasteiger partial charge in [0.15, 0.2) is 0 Å². The minimum absolute atomic E-state index is 0.0195. The number of hydrogen-bond donors (Lipinski definition) is 1. The molecular weight excluding hydrogens is 259 g/mol. The van der Waals surface area contributed by atoms with Crippen molar-refractivity contribution >= 4 is 0 Å². The standard InChI is InChI=1S/C12H10F3N3O/c13-12(14,15)9-3-1-2-4-10(9)19-11-7-17-8(5-16)6-18-11/h1-4,6-7H,5,16H2. The second-order valence-corrected chi connectivity index (χ2v) is 3.65. The predicted octanol–water partition coefficient (Wildman–Crippen LogP) is 2.75. The van der Waals surface area contributed by atoms with Gasteiger partial charge in [-0.3, -0.25) is 4.98 Å². The molecule has 100 valence electrons. The van der Waals surface area contributed by atoms with Gasteiger partial charge in [0, 0.05) is 6.54 Å². The third-order valence-electron chi connectivity index (χ3n) is 2.30. The first-order valence-corrected chi connectivity index (χ1v) is 5.36. The number of rotatable bonds is 3. The largest absolute Gasteiger partial charge is 0.437 e. The van der Waals surface area contributed by atoms with E-state index < -0.39 is 11.7 Å². The fraction of sp³-hybridized carbons (Fsp3) is 0.167. The highest BCUT2D eigenvalue weighted by atomic mass is 19.4. The van der Waals surface area contributed by atoms with Crippen molar-refractivity contribution < 1.29 is 17.9 Å². The number of hydrogen-bond acceptors (Lipinski definition) is 4. The van der Waals surface area contributed by atoms with Gasteiger partial charge in [-0.2, -0.15) is 13.2 Å². The molecule has 19 heavy (non-hydrogen) atoms. The van der Waals surface area contributed by atoms with E-state index in [1.165, 1.54) is 30.6 Å². The molecule has 2 aromatic rings. The van der Waals surface area contributed by atoms with Crippen molar-refractivity contribution in [1.82, 2.24) is 9.97 Å². The third kappa shape index (κ3) is 3.19. The average molecular weight is 269 g/mol. The summed E-state index contributed by atoms with van der Waals surface area (Å²) in [5, 5.41) is 0. The van der Waals surface area contributed by atoms with E-state index >= 15 is 0 Å². The maximum Gasteiger partial charge on any atom is 0.419 e. The Hall–Kier alpha value is -2.15. The van der Waals surface area contributed by atoms with Gasteiger partial charge in [-0.25, -0.2) is 4.98 Å². The molecule has 0 aliphatic rings. The SMILES string of the molecule is NCc1cnc(Oc2ccccc2C(F)(F)F)cn1. The fourth-order valence-corrected chi connectivity index (χ4v) is 1.40. The zero-order chi connectivity index (χ0) is 13.9. The van der Waals surface area contributed by atoms with Crippen LogP contribution in [0.1, 0.15) is 11.3 Å². The van der Waals surface area contributed by atoms with Crippen LogP contribution in [0.2, 0.25) is 0 Å². The van der Waals surface area contributed by atoms with Crippen molar-refractivity contribution in [3.05, 3.63) is 47.9 Å². The average Bonchev–Trinajstić information content (AvgIpc) is 2.39. The van der Waals surface area contributed by atoms with E-state index in [2.05, 4.69) is 9.97 Å². The number of halogens is 3. The Morgan fingerprint density at radius 3 is 2.42 bits per heavy atom. The highest BCUT2D eigenvalue weighted by molar-refractivity contribution is 5.37.